The van der Waals surface area contributed by atoms with E-state index in [-0.39, 0.29) is 17.9 Å². The van der Waals surface area contributed by atoms with E-state index in [2.05, 4.69) is 18.2 Å². The molecule has 176 valence electrons. The highest BCUT2D eigenvalue weighted by Gasteiger charge is 2.22. The third-order valence-corrected chi connectivity index (χ3v) is 6.91. The number of fused-ring (bicyclic) bond motifs is 2. The highest BCUT2D eigenvalue weighted by molar-refractivity contribution is 6.08. The topological polar surface area (TPSA) is 59.4 Å². The van der Waals surface area contributed by atoms with E-state index >= 15 is 0 Å². The van der Waals surface area contributed by atoms with Crippen LogP contribution in [-0.4, -0.2) is 23.4 Å². The second-order valence-electron chi connectivity index (χ2n) is 9.31. The van der Waals surface area contributed by atoms with Gasteiger partial charge < -0.3 is 4.90 Å². The van der Waals surface area contributed by atoms with Gasteiger partial charge in [-0.15, -0.1) is 0 Å². The summed E-state index contributed by atoms with van der Waals surface area (Å²) in [6, 6.07) is 22.7. The number of aryl methyl sites for hydroxylation is 4. The number of benzene rings is 3. The molecule has 35 heavy (non-hydrogen) atoms. The maximum Gasteiger partial charge on any atom is 0.270 e. The van der Waals surface area contributed by atoms with Crippen LogP contribution in [0, 0.1) is 6.92 Å². The summed E-state index contributed by atoms with van der Waals surface area (Å²) in [5, 5.41) is 0.679. The molecule has 1 aliphatic rings. The predicted molar refractivity (Wildman–Crippen MR) is 140 cm³/mol. The molecule has 1 aromatic heterocycles. The number of anilines is 1. The number of aromatic nitrogens is 1. The fourth-order valence-corrected chi connectivity index (χ4v) is 4.87. The summed E-state index contributed by atoms with van der Waals surface area (Å²) in [6.45, 7) is 1.97. The normalized spacial score (nSPS) is 12.5. The Bertz CT molecular complexity index is 1500. The van der Waals surface area contributed by atoms with Gasteiger partial charge in [-0.2, -0.15) is 0 Å². The number of nitrogens with zero attached hydrogens (tertiary/aromatic N) is 2. The minimum absolute atomic E-state index is 0.0161. The Morgan fingerprint density at radius 3 is 2.46 bits per heavy atom. The van der Waals surface area contributed by atoms with Crippen molar-refractivity contribution in [3.63, 3.8) is 0 Å². The van der Waals surface area contributed by atoms with Crippen LogP contribution in [0.5, 0.6) is 0 Å². The molecule has 0 unspecified atom stereocenters. The molecule has 0 saturated heterocycles. The molecule has 0 spiro atoms. The number of hydrogen-bond acceptors (Lipinski definition) is 3. The van der Waals surface area contributed by atoms with E-state index in [1.54, 1.807) is 25.2 Å². The molecule has 5 nitrogen and oxygen atoms in total. The van der Waals surface area contributed by atoms with E-state index in [0.717, 1.165) is 24.0 Å². The highest BCUT2D eigenvalue weighted by Crippen LogP contribution is 2.24. The zero-order valence-electron chi connectivity index (χ0n) is 20.1. The second-order valence-corrected chi connectivity index (χ2v) is 9.31. The van der Waals surface area contributed by atoms with Crippen molar-refractivity contribution >= 4 is 28.4 Å². The smallest absolute Gasteiger partial charge is 0.270 e. The lowest BCUT2D eigenvalue weighted by Crippen LogP contribution is -2.36. The van der Waals surface area contributed by atoms with E-state index in [9.17, 15) is 14.4 Å². The SMILES string of the molecule is Cc1ccc(N(C)C(=O)c2cc3ccccc3n(C(=O)CCc3ccc4c(c3)CCC4)c2=O)cc1. The molecule has 1 aliphatic carbocycles. The Kier molecular flexibility index (Phi) is 6.08. The number of para-hydroxylation sites is 1. The molecule has 0 N–H and O–H groups in total. The van der Waals surface area contributed by atoms with Gasteiger partial charge in [-0.3, -0.25) is 14.4 Å². The molecular formula is C30H28N2O3. The summed E-state index contributed by atoms with van der Waals surface area (Å²) in [5.74, 6) is -0.746. The molecule has 1 heterocycles. The van der Waals surface area contributed by atoms with Crippen LogP contribution < -0.4 is 10.5 Å². The Morgan fingerprint density at radius 1 is 0.914 bits per heavy atom. The quantitative estimate of drug-likeness (QED) is 0.400. The molecule has 0 saturated carbocycles. The largest absolute Gasteiger partial charge is 0.311 e. The first-order chi connectivity index (χ1) is 16.9. The summed E-state index contributed by atoms with van der Waals surface area (Å²) >= 11 is 0. The summed E-state index contributed by atoms with van der Waals surface area (Å²) in [7, 11) is 1.64. The third kappa shape index (κ3) is 4.42. The average molecular weight is 465 g/mol. The lowest BCUT2D eigenvalue weighted by Gasteiger charge is -2.19. The minimum atomic E-state index is -0.577. The van der Waals surface area contributed by atoms with E-state index in [4.69, 9.17) is 0 Å². The first-order valence-electron chi connectivity index (χ1n) is 12.1. The number of pyridine rings is 1. The van der Waals surface area contributed by atoms with Crippen LogP contribution in [0.4, 0.5) is 5.69 Å². The van der Waals surface area contributed by atoms with Crippen molar-refractivity contribution in [3.05, 3.63) is 111 Å². The Hall–Kier alpha value is -3.99. The van der Waals surface area contributed by atoms with Crippen molar-refractivity contribution in [2.24, 2.45) is 0 Å². The number of rotatable bonds is 5. The van der Waals surface area contributed by atoms with Gasteiger partial charge in [0.2, 0.25) is 5.91 Å². The zero-order chi connectivity index (χ0) is 24.5. The number of carbonyl (C=O) groups is 2. The van der Waals surface area contributed by atoms with Gasteiger partial charge in [-0.25, -0.2) is 4.57 Å². The number of carbonyl (C=O) groups excluding carboxylic acids is 2. The van der Waals surface area contributed by atoms with Gasteiger partial charge in [-0.05, 0) is 78.9 Å². The standard InChI is InChI=1S/C30H28N2O3/c1-20-10-15-25(16-11-20)31(2)29(34)26-19-24-6-3-4-9-27(24)32(30(26)35)28(33)17-13-21-12-14-22-7-5-8-23(22)18-21/h3-4,6,9-12,14-16,18-19H,5,7-8,13,17H2,1-2H3. The van der Waals surface area contributed by atoms with Crippen molar-refractivity contribution in [1.29, 1.82) is 0 Å². The maximum absolute atomic E-state index is 13.5. The molecule has 5 rings (SSSR count). The van der Waals surface area contributed by atoms with E-state index < -0.39 is 11.5 Å². The predicted octanol–water partition coefficient (Wildman–Crippen LogP) is 5.35. The molecular weight excluding hydrogens is 436 g/mol. The van der Waals surface area contributed by atoms with Gasteiger partial charge in [0, 0.05) is 19.2 Å². The van der Waals surface area contributed by atoms with E-state index in [1.165, 1.54) is 27.0 Å². The van der Waals surface area contributed by atoms with E-state index in [0.29, 0.717) is 23.0 Å². The van der Waals surface area contributed by atoms with Crippen LogP contribution in [-0.2, 0) is 19.3 Å². The van der Waals surface area contributed by atoms with Crippen LogP contribution in [0.15, 0.2) is 77.6 Å². The molecule has 4 aromatic rings. The van der Waals surface area contributed by atoms with Crippen LogP contribution in [0.1, 0.15) is 50.2 Å². The molecule has 0 radical (unpaired) electrons. The van der Waals surface area contributed by atoms with Gasteiger partial charge in [0.25, 0.3) is 11.5 Å². The minimum Gasteiger partial charge on any atom is -0.311 e. The van der Waals surface area contributed by atoms with Crippen LogP contribution in [0.2, 0.25) is 0 Å². The molecule has 3 aromatic carbocycles. The Morgan fingerprint density at radius 2 is 1.66 bits per heavy atom. The lowest BCUT2D eigenvalue weighted by atomic mass is 10.0. The second kappa shape index (κ2) is 9.34. The van der Waals surface area contributed by atoms with Gasteiger partial charge in [-0.1, -0.05) is 54.1 Å². The lowest BCUT2D eigenvalue weighted by molar-refractivity contribution is 0.0903. The fourth-order valence-electron chi connectivity index (χ4n) is 4.87. The van der Waals surface area contributed by atoms with Crippen molar-refractivity contribution in [2.75, 3.05) is 11.9 Å². The van der Waals surface area contributed by atoms with Gasteiger partial charge >= 0.3 is 0 Å². The average Bonchev–Trinajstić information content (AvgIpc) is 3.34. The Balaban J connectivity index is 1.48. The zero-order valence-corrected chi connectivity index (χ0v) is 20.1. The van der Waals surface area contributed by atoms with Gasteiger partial charge in [0.15, 0.2) is 0 Å². The summed E-state index contributed by atoms with van der Waals surface area (Å²) in [5.41, 5.74) is 5.55. The molecule has 1 amide bonds. The van der Waals surface area contributed by atoms with Crippen molar-refractivity contribution in [1.82, 2.24) is 4.57 Å². The van der Waals surface area contributed by atoms with Crippen LogP contribution in [0.25, 0.3) is 10.9 Å². The summed E-state index contributed by atoms with van der Waals surface area (Å²) in [6.07, 6.45) is 4.12. The fraction of sp³-hybridized carbons (Fsp3) is 0.233. The Labute approximate surface area is 204 Å². The van der Waals surface area contributed by atoms with Gasteiger partial charge in [0.05, 0.1) is 5.52 Å². The van der Waals surface area contributed by atoms with Crippen LogP contribution in [0.3, 0.4) is 0 Å². The third-order valence-electron chi connectivity index (χ3n) is 6.91. The number of hydrogen-bond donors (Lipinski definition) is 0. The molecule has 5 heteroatoms. The molecule has 0 bridgehead atoms. The van der Waals surface area contributed by atoms with Crippen molar-refractivity contribution in [2.45, 2.75) is 39.0 Å². The van der Waals surface area contributed by atoms with E-state index in [1.807, 2.05) is 43.3 Å². The highest BCUT2D eigenvalue weighted by atomic mass is 16.2. The first-order valence-corrected chi connectivity index (χ1v) is 12.1. The van der Waals surface area contributed by atoms with Crippen LogP contribution >= 0.6 is 0 Å². The monoisotopic (exact) mass is 464 g/mol. The summed E-state index contributed by atoms with van der Waals surface area (Å²) < 4.78 is 1.18. The molecule has 0 aliphatic heterocycles. The van der Waals surface area contributed by atoms with Crippen molar-refractivity contribution < 1.29 is 9.59 Å². The molecule has 0 fully saturated rings. The van der Waals surface area contributed by atoms with Crippen molar-refractivity contribution in [3.8, 4) is 0 Å². The number of amides is 1. The molecule has 0 atom stereocenters. The summed E-state index contributed by atoms with van der Waals surface area (Å²) in [4.78, 5) is 41.7. The maximum atomic E-state index is 13.5. The van der Waals surface area contributed by atoms with Gasteiger partial charge in [0.1, 0.15) is 5.56 Å². The first kappa shape index (κ1) is 22.8.